The lowest BCUT2D eigenvalue weighted by atomic mass is 10.1. The van der Waals surface area contributed by atoms with E-state index in [0.29, 0.717) is 28.2 Å². The van der Waals surface area contributed by atoms with Gasteiger partial charge < -0.3 is 30.4 Å². The molecular formula is C19H20N6O4. The average molecular weight is 396 g/mol. The van der Waals surface area contributed by atoms with E-state index in [4.69, 9.17) is 15.5 Å². The van der Waals surface area contributed by atoms with Crippen molar-refractivity contribution < 1.29 is 20.1 Å². The molecule has 3 aromatic rings. The summed E-state index contributed by atoms with van der Waals surface area (Å²) in [5.41, 5.74) is 8.04. The number of ether oxygens (including phenoxy) is 1. The Labute approximate surface area is 165 Å². The number of nitrogens with two attached hydrogens (primary N) is 1. The third-order valence-electron chi connectivity index (χ3n) is 5.32. The molecule has 2 aromatic heterocycles. The molecule has 10 nitrogen and oxygen atoms in total. The van der Waals surface area contributed by atoms with Gasteiger partial charge in [-0.05, 0) is 0 Å². The van der Waals surface area contributed by atoms with Crippen LogP contribution in [0.1, 0.15) is 11.8 Å². The summed E-state index contributed by atoms with van der Waals surface area (Å²) in [6, 6.07) is 9.49. The summed E-state index contributed by atoms with van der Waals surface area (Å²) in [5.74, 6) is 1.34. The fourth-order valence-electron chi connectivity index (χ4n) is 3.84. The van der Waals surface area contributed by atoms with Crippen molar-refractivity contribution in [1.82, 2.24) is 14.5 Å². The summed E-state index contributed by atoms with van der Waals surface area (Å²) in [6.07, 6.45) is -2.62. The molecule has 0 amide bonds. The Morgan fingerprint density at radius 3 is 2.59 bits per heavy atom. The van der Waals surface area contributed by atoms with Crippen LogP contribution in [0.15, 0.2) is 41.6 Å². The second-order valence-corrected chi connectivity index (χ2v) is 7.12. The highest BCUT2D eigenvalue weighted by Crippen LogP contribution is 2.38. The van der Waals surface area contributed by atoms with Crippen molar-refractivity contribution in [2.24, 2.45) is 10.8 Å². The Morgan fingerprint density at radius 1 is 1.14 bits per heavy atom. The minimum absolute atomic E-state index is 0.284. The van der Waals surface area contributed by atoms with E-state index in [1.54, 1.807) is 22.8 Å². The van der Waals surface area contributed by atoms with Gasteiger partial charge in [-0.2, -0.15) is 5.10 Å². The number of benzene rings is 1. The molecule has 5 N–H and O–H groups in total. The van der Waals surface area contributed by atoms with Gasteiger partial charge in [-0.15, -0.1) is 0 Å². The first kappa shape index (κ1) is 18.0. The molecule has 1 fully saturated rings. The normalized spacial score (nSPS) is 26.2. The molecule has 1 aromatic carbocycles. The topological polar surface area (TPSA) is 142 Å². The zero-order valence-electron chi connectivity index (χ0n) is 15.5. The highest BCUT2D eigenvalue weighted by Gasteiger charge is 2.44. The Bertz CT molecular complexity index is 1110. The van der Waals surface area contributed by atoms with Crippen molar-refractivity contribution in [1.29, 1.82) is 0 Å². The number of anilines is 1. The predicted molar refractivity (Wildman–Crippen MR) is 105 cm³/mol. The number of aromatic nitrogens is 3. The van der Waals surface area contributed by atoms with Crippen molar-refractivity contribution >= 4 is 22.7 Å². The number of rotatable bonds is 3. The minimum Gasteiger partial charge on any atom is -0.394 e. The van der Waals surface area contributed by atoms with Gasteiger partial charge in [-0.25, -0.2) is 15.0 Å². The van der Waals surface area contributed by atoms with Crippen LogP contribution in [0.25, 0.3) is 22.4 Å². The van der Waals surface area contributed by atoms with Gasteiger partial charge in [-0.3, -0.25) is 0 Å². The number of aliphatic hydroxyl groups is 3. The number of hydrazone groups is 1. The van der Waals surface area contributed by atoms with Crippen LogP contribution in [0.4, 0.5) is 5.82 Å². The van der Waals surface area contributed by atoms with Crippen LogP contribution >= 0.6 is 0 Å². The SMILES string of the molecule is CN1N=C(N)c2cn([C@@H]3O[C@H](CO)[C@@H](O)[C@H]3O)c3nc(-c4ccccc4)nc1c23. The predicted octanol–water partition coefficient (Wildman–Crippen LogP) is -0.220. The number of nitrogens with zero attached hydrogens (tertiary/aromatic N) is 5. The monoisotopic (exact) mass is 396 g/mol. The molecule has 2 aliphatic rings. The van der Waals surface area contributed by atoms with E-state index in [-0.39, 0.29) is 5.84 Å². The van der Waals surface area contributed by atoms with E-state index < -0.39 is 31.1 Å². The largest absolute Gasteiger partial charge is 0.394 e. The van der Waals surface area contributed by atoms with E-state index in [9.17, 15) is 15.3 Å². The summed E-state index contributed by atoms with van der Waals surface area (Å²) in [5, 5.41) is 36.7. The Morgan fingerprint density at radius 2 is 1.90 bits per heavy atom. The molecule has 4 atom stereocenters. The Kier molecular flexibility index (Phi) is 4.03. The van der Waals surface area contributed by atoms with Gasteiger partial charge in [0.2, 0.25) is 0 Å². The summed E-state index contributed by atoms with van der Waals surface area (Å²) >= 11 is 0. The van der Waals surface area contributed by atoms with Gasteiger partial charge in [0.25, 0.3) is 0 Å². The summed E-state index contributed by atoms with van der Waals surface area (Å²) < 4.78 is 7.33. The zero-order chi connectivity index (χ0) is 20.3. The second kappa shape index (κ2) is 6.49. The van der Waals surface area contributed by atoms with Crippen LogP contribution < -0.4 is 10.7 Å². The minimum atomic E-state index is -1.24. The third kappa shape index (κ3) is 2.61. The number of hydrogen-bond acceptors (Lipinski definition) is 9. The van der Waals surface area contributed by atoms with Crippen LogP contribution in [-0.2, 0) is 4.74 Å². The first-order chi connectivity index (χ1) is 14.0. The first-order valence-corrected chi connectivity index (χ1v) is 9.18. The maximum absolute atomic E-state index is 10.5. The van der Waals surface area contributed by atoms with Gasteiger partial charge in [-0.1, -0.05) is 30.3 Å². The first-order valence-electron chi connectivity index (χ1n) is 9.18. The molecule has 5 rings (SSSR count). The maximum atomic E-state index is 10.5. The van der Waals surface area contributed by atoms with Gasteiger partial charge in [0.15, 0.2) is 23.7 Å². The molecule has 0 saturated carbocycles. The maximum Gasteiger partial charge on any atom is 0.164 e. The standard InChI is InChI=1S/C19H20N6O4/c1-24-17-12-10(15(20)23-24)7-25(19-14(28)13(27)11(8-26)29-19)18(12)22-16(21-17)9-5-3-2-4-6-9/h2-7,11,13-14,19,26-28H,8H2,1H3,(H2,20,23)/t11-,13-,14-,19-/m1/s1. The summed E-state index contributed by atoms with van der Waals surface area (Å²) in [7, 11) is 1.75. The van der Waals surface area contributed by atoms with Crippen LogP contribution in [0.3, 0.4) is 0 Å². The van der Waals surface area contributed by atoms with Crippen molar-refractivity contribution in [2.45, 2.75) is 24.5 Å². The van der Waals surface area contributed by atoms with Crippen molar-refractivity contribution in [2.75, 3.05) is 18.7 Å². The molecule has 0 bridgehead atoms. The number of amidine groups is 1. The van der Waals surface area contributed by atoms with Gasteiger partial charge in [0, 0.05) is 24.4 Å². The molecule has 0 radical (unpaired) electrons. The fraction of sp³-hybridized carbons (Fsp3) is 0.316. The highest BCUT2D eigenvalue weighted by molar-refractivity contribution is 6.14. The van der Waals surface area contributed by atoms with Gasteiger partial charge in [0.05, 0.1) is 12.0 Å². The van der Waals surface area contributed by atoms with E-state index in [1.165, 1.54) is 0 Å². The second-order valence-electron chi connectivity index (χ2n) is 7.12. The third-order valence-corrected chi connectivity index (χ3v) is 5.32. The zero-order valence-corrected chi connectivity index (χ0v) is 15.5. The number of hydrogen-bond donors (Lipinski definition) is 4. The highest BCUT2D eigenvalue weighted by atomic mass is 16.6. The molecule has 0 unspecified atom stereocenters. The lowest BCUT2D eigenvalue weighted by Gasteiger charge is -2.20. The molecule has 4 heterocycles. The van der Waals surface area contributed by atoms with Crippen LogP contribution in [0.5, 0.6) is 0 Å². The van der Waals surface area contributed by atoms with Crippen LogP contribution in [0, 0.1) is 0 Å². The molecule has 0 aliphatic carbocycles. The summed E-state index contributed by atoms with van der Waals surface area (Å²) in [4.78, 5) is 9.38. The van der Waals surface area contributed by atoms with Gasteiger partial charge >= 0.3 is 0 Å². The molecular weight excluding hydrogens is 376 g/mol. The molecule has 0 spiro atoms. The summed E-state index contributed by atoms with van der Waals surface area (Å²) in [6.45, 7) is -0.414. The lowest BCUT2D eigenvalue weighted by molar-refractivity contribution is -0.0508. The molecule has 29 heavy (non-hydrogen) atoms. The van der Waals surface area contributed by atoms with Crippen LogP contribution in [-0.4, -0.2) is 67.7 Å². The fourth-order valence-corrected chi connectivity index (χ4v) is 3.84. The Balaban J connectivity index is 1.75. The van der Waals surface area contributed by atoms with E-state index >= 15 is 0 Å². The molecule has 2 aliphatic heterocycles. The van der Waals surface area contributed by atoms with E-state index in [0.717, 1.165) is 5.56 Å². The van der Waals surface area contributed by atoms with Crippen molar-refractivity contribution in [3.8, 4) is 11.4 Å². The quantitative estimate of drug-likeness (QED) is 0.476. The van der Waals surface area contributed by atoms with Gasteiger partial charge in [0.1, 0.15) is 24.0 Å². The number of aliphatic hydroxyl groups excluding tert-OH is 3. The van der Waals surface area contributed by atoms with Crippen LogP contribution in [0.2, 0.25) is 0 Å². The van der Waals surface area contributed by atoms with E-state index in [2.05, 4.69) is 10.1 Å². The Hall–Kier alpha value is -3.05. The molecule has 150 valence electrons. The smallest absolute Gasteiger partial charge is 0.164 e. The van der Waals surface area contributed by atoms with E-state index in [1.807, 2.05) is 30.3 Å². The van der Waals surface area contributed by atoms with Crippen molar-refractivity contribution in [3.63, 3.8) is 0 Å². The molecule has 1 saturated heterocycles. The lowest BCUT2D eigenvalue weighted by Crippen LogP contribution is -2.33. The van der Waals surface area contributed by atoms with Crippen molar-refractivity contribution in [3.05, 3.63) is 42.1 Å². The molecule has 10 heteroatoms. The average Bonchev–Trinajstić information content (AvgIpc) is 3.25.